The number of hydrogen-bond donors (Lipinski definition) is 3. The molecule has 3 atom stereocenters. The Morgan fingerprint density at radius 3 is 2.51 bits per heavy atom. The molecule has 2 amide bonds. The van der Waals surface area contributed by atoms with Gasteiger partial charge in [-0.3, -0.25) is 14.5 Å². The second-order valence-electron chi connectivity index (χ2n) is 10.1. The van der Waals surface area contributed by atoms with Gasteiger partial charge >= 0.3 is 0 Å². The molecule has 0 saturated carbocycles. The second-order valence-corrected chi connectivity index (χ2v) is 10.1. The van der Waals surface area contributed by atoms with Gasteiger partial charge in [0.05, 0.1) is 30.0 Å². The van der Waals surface area contributed by atoms with Crippen molar-refractivity contribution in [3.63, 3.8) is 0 Å². The Labute approximate surface area is 227 Å². The fourth-order valence-corrected chi connectivity index (χ4v) is 5.26. The average Bonchev–Trinajstić information content (AvgIpc) is 3.57. The minimum absolute atomic E-state index is 0.129. The van der Waals surface area contributed by atoms with Crippen LogP contribution in [0.15, 0.2) is 78.9 Å². The molecule has 2 saturated heterocycles. The lowest BCUT2D eigenvalue weighted by Crippen LogP contribution is -2.37. The minimum Gasteiger partial charge on any atom is -0.397 e. The van der Waals surface area contributed by atoms with Crippen LogP contribution in [0, 0.1) is 5.82 Å². The zero-order chi connectivity index (χ0) is 27.2. The summed E-state index contributed by atoms with van der Waals surface area (Å²) >= 11 is 0. The van der Waals surface area contributed by atoms with Gasteiger partial charge in [0.1, 0.15) is 5.82 Å². The molecule has 2 heterocycles. The monoisotopic (exact) mass is 528 g/mol. The zero-order valence-corrected chi connectivity index (χ0v) is 21.7. The second kappa shape index (κ2) is 12.2. The Bertz CT molecular complexity index is 1330. The van der Waals surface area contributed by atoms with Crippen molar-refractivity contribution in [3.8, 4) is 0 Å². The zero-order valence-electron chi connectivity index (χ0n) is 21.7. The standard InChI is InChI=1S/C31H33FN4O3/c32-23-12-14-24(15-13-23)34-31(38)27(4-3-17-36-19-26-18-25(36)20-39-26)22-10-7-21(8-11-22)9-16-30(37)35-29-6-2-1-5-28(29)33/h1-2,5-16,25-27H,3-4,17-20,33H2,(H,34,38)(H,35,37)/b16-9+/t25-,26-,27?/m0/s1. The molecule has 39 heavy (non-hydrogen) atoms. The molecule has 4 N–H and O–H groups in total. The highest BCUT2D eigenvalue weighted by atomic mass is 19.1. The molecule has 1 unspecified atom stereocenters. The van der Waals surface area contributed by atoms with Gasteiger partial charge in [-0.1, -0.05) is 36.4 Å². The SMILES string of the molecule is Nc1ccccc1NC(=O)/C=C/c1ccc(C(CCCN2C[C@@H]3C[C@H]2CO3)C(=O)Nc2ccc(F)cc2)cc1. The summed E-state index contributed by atoms with van der Waals surface area (Å²) in [7, 11) is 0. The number of hydrogen-bond acceptors (Lipinski definition) is 5. The third-order valence-electron chi connectivity index (χ3n) is 7.36. The van der Waals surface area contributed by atoms with Gasteiger partial charge in [-0.05, 0) is 79.4 Å². The summed E-state index contributed by atoms with van der Waals surface area (Å²) in [6.45, 7) is 2.68. The van der Waals surface area contributed by atoms with Crippen molar-refractivity contribution in [2.24, 2.45) is 0 Å². The number of anilines is 3. The van der Waals surface area contributed by atoms with Gasteiger partial charge in [-0.2, -0.15) is 0 Å². The highest BCUT2D eigenvalue weighted by Crippen LogP contribution is 2.30. The number of nitrogens with zero attached hydrogens (tertiary/aromatic N) is 1. The van der Waals surface area contributed by atoms with Gasteiger partial charge in [-0.15, -0.1) is 0 Å². The van der Waals surface area contributed by atoms with E-state index in [1.807, 2.05) is 24.3 Å². The van der Waals surface area contributed by atoms with Crippen molar-refractivity contribution in [3.05, 3.63) is 95.8 Å². The number of benzene rings is 3. The Hall–Kier alpha value is -4.01. The summed E-state index contributed by atoms with van der Waals surface area (Å²) in [5, 5.41) is 5.71. The van der Waals surface area contributed by atoms with E-state index in [2.05, 4.69) is 15.5 Å². The third-order valence-corrected chi connectivity index (χ3v) is 7.36. The van der Waals surface area contributed by atoms with Gasteiger partial charge in [0.25, 0.3) is 0 Å². The number of likely N-dealkylation sites (tertiary alicyclic amines) is 1. The van der Waals surface area contributed by atoms with E-state index in [4.69, 9.17) is 10.5 Å². The first-order valence-corrected chi connectivity index (χ1v) is 13.3. The van der Waals surface area contributed by atoms with Crippen molar-refractivity contribution in [2.45, 2.75) is 37.3 Å². The summed E-state index contributed by atoms with van der Waals surface area (Å²) in [4.78, 5) is 28.1. The maximum absolute atomic E-state index is 13.3. The molecule has 2 bridgehead atoms. The molecule has 7 nitrogen and oxygen atoms in total. The molecule has 0 spiro atoms. The first kappa shape index (κ1) is 26.6. The van der Waals surface area contributed by atoms with Crippen LogP contribution in [0.2, 0.25) is 0 Å². The summed E-state index contributed by atoms with van der Waals surface area (Å²) in [5.41, 5.74) is 9.23. The van der Waals surface area contributed by atoms with E-state index in [1.54, 1.807) is 42.5 Å². The van der Waals surface area contributed by atoms with E-state index < -0.39 is 0 Å². The number of morpholine rings is 1. The molecule has 2 aliphatic rings. The maximum atomic E-state index is 13.3. The first-order chi connectivity index (χ1) is 18.9. The van der Waals surface area contributed by atoms with E-state index >= 15 is 0 Å². The Kier molecular flexibility index (Phi) is 8.34. The predicted octanol–water partition coefficient (Wildman–Crippen LogP) is 5.04. The number of amides is 2. The number of halogens is 1. The van der Waals surface area contributed by atoms with Gasteiger partial charge in [0.15, 0.2) is 0 Å². The summed E-state index contributed by atoms with van der Waals surface area (Å²) in [6, 6.07) is 21.0. The molecule has 202 valence electrons. The summed E-state index contributed by atoms with van der Waals surface area (Å²) < 4.78 is 19.0. The van der Waals surface area contributed by atoms with Gasteiger partial charge in [0.2, 0.25) is 11.8 Å². The number of para-hydroxylation sites is 2. The van der Waals surface area contributed by atoms with Crippen LogP contribution in [-0.4, -0.2) is 48.6 Å². The smallest absolute Gasteiger partial charge is 0.248 e. The molecule has 2 fully saturated rings. The lowest BCUT2D eigenvalue weighted by Gasteiger charge is -2.27. The largest absolute Gasteiger partial charge is 0.397 e. The normalized spacial score (nSPS) is 19.3. The summed E-state index contributed by atoms with van der Waals surface area (Å²) in [6.07, 6.45) is 6.16. The lowest BCUT2D eigenvalue weighted by atomic mass is 9.92. The molecule has 2 aliphatic heterocycles. The molecular weight excluding hydrogens is 495 g/mol. The van der Waals surface area contributed by atoms with Gasteiger partial charge in [0, 0.05) is 24.4 Å². The van der Waals surface area contributed by atoms with Crippen LogP contribution in [0.4, 0.5) is 21.5 Å². The van der Waals surface area contributed by atoms with E-state index in [-0.39, 0.29) is 23.5 Å². The number of nitrogens with two attached hydrogens (primary N) is 1. The molecule has 0 radical (unpaired) electrons. The van der Waals surface area contributed by atoms with Crippen LogP contribution in [0.5, 0.6) is 0 Å². The van der Waals surface area contributed by atoms with Gasteiger partial charge in [-0.25, -0.2) is 4.39 Å². The molecule has 3 aromatic carbocycles. The third kappa shape index (κ3) is 6.90. The number of fused-ring (bicyclic) bond motifs is 2. The van der Waals surface area contributed by atoms with E-state index in [0.717, 1.165) is 43.7 Å². The first-order valence-electron chi connectivity index (χ1n) is 13.3. The predicted molar refractivity (Wildman–Crippen MR) is 152 cm³/mol. The topological polar surface area (TPSA) is 96.7 Å². The van der Waals surface area contributed by atoms with Crippen LogP contribution >= 0.6 is 0 Å². The molecule has 5 rings (SSSR count). The van der Waals surface area contributed by atoms with Crippen molar-refractivity contribution < 1.29 is 18.7 Å². The number of carbonyl (C=O) groups excluding carboxylic acids is 2. The fourth-order valence-electron chi connectivity index (χ4n) is 5.26. The van der Waals surface area contributed by atoms with E-state index in [9.17, 15) is 14.0 Å². The van der Waals surface area contributed by atoms with Crippen LogP contribution in [0.1, 0.15) is 36.3 Å². The Morgan fingerprint density at radius 2 is 1.82 bits per heavy atom. The minimum atomic E-state index is -0.367. The van der Waals surface area contributed by atoms with Crippen LogP contribution in [0.25, 0.3) is 6.08 Å². The number of carbonyl (C=O) groups is 2. The number of rotatable bonds is 10. The molecule has 8 heteroatoms. The highest BCUT2D eigenvalue weighted by molar-refractivity contribution is 6.03. The van der Waals surface area contributed by atoms with Crippen molar-refractivity contribution in [1.82, 2.24) is 4.90 Å². The van der Waals surface area contributed by atoms with Crippen LogP contribution in [0.3, 0.4) is 0 Å². The number of nitrogens with one attached hydrogen (secondary N) is 2. The Morgan fingerprint density at radius 1 is 1.05 bits per heavy atom. The van der Waals surface area contributed by atoms with Crippen molar-refractivity contribution in [2.75, 3.05) is 36.1 Å². The maximum Gasteiger partial charge on any atom is 0.248 e. The van der Waals surface area contributed by atoms with Gasteiger partial charge < -0.3 is 21.1 Å². The van der Waals surface area contributed by atoms with Crippen molar-refractivity contribution >= 4 is 35.0 Å². The summed E-state index contributed by atoms with van der Waals surface area (Å²) in [5.74, 6) is -1.13. The Balaban J connectivity index is 1.24. The molecule has 0 aliphatic carbocycles. The van der Waals surface area contributed by atoms with Crippen LogP contribution in [-0.2, 0) is 14.3 Å². The number of ether oxygens (including phenoxy) is 1. The quantitative estimate of drug-likeness (QED) is 0.253. The lowest BCUT2D eigenvalue weighted by molar-refractivity contribution is -0.117. The highest BCUT2D eigenvalue weighted by Gasteiger charge is 2.38. The van der Waals surface area contributed by atoms with E-state index in [0.29, 0.717) is 35.6 Å². The average molecular weight is 529 g/mol. The molecule has 3 aromatic rings. The fraction of sp³-hybridized carbons (Fsp3) is 0.290. The molecular formula is C31H33FN4O3. The van der Waals surface area contributed by atoms with Crippen molar-refractivity contribution in [1.29, 1.82) is 0 Å². The number of nitrogen functional groups attached to an aromatic ring is 1. The molecule has 0 aromatic heterocycles. The van der Waals surface area contributed by atoms with E-state index in [1.165, 1.54) is 18.2 Å². The van der Waals surface area contributed by atoms with Crippen LogP contribution < -0.4 is 16.4 Å².